The van der Waals surface area contributed by atoms with E-state index >= 15 is 0 Å². The van der Waals surface area contributed by atoms with Crippen molar-refractivity contribution in [2.24, 2.45) is 0 Å². The normalized spacial score (nSPS) is 12.5. The number of nitrogens with one attached hydrogen (secondary N) is 1. The number of benzene rings is 2. The van der Waals surface area contributed by atoms with Gasteiger partial charge in [0.25, 0.3) is 5.56 Å². The van der Waals surface area contributed by atoms with E-state index in [0.29, 0.717) is 47.5 Å². The molecule has 2 aromatic carbocycles. The molecule has 11 nitrogen and oxygen atoms in total. The number of aromatic nitrogens is 5. The third-order valence-corrected chi connectivity index (χ3v) is 4.89. The first-order chi connectivity index (χ1) is 15.6. The minimum absolute atomic E-state index is 0.0652. The first-order valence-electron chi connectivity index (χ1n) is 9.77. The van der Waals surface area contributed by atoms with Crippen molar-refractivity contribution < 1.29 is 19.0 Å². The van der Waals surface area contributed by atoms with Gasteiger partial charge in [0.05, 0.1) is 12.8 Å². The highest BCUT2D eigenvalue weighted by Crippen LogP contribution is 2.32. The fraction of sp³-hybridized carbons (Fsp3) is 0.190. The molecular formula is C21H18N6O5. The predicted octanol–water partition coefficient (Wildman–Crippen LogP) is 1.40. The Morgan fingerprint density at radius 1 is 1.12 bits per heavy atom. The smallest absolute Gasteiger partial charge is 0.284 e. The Hall–Kier alpha value is -4.41. The molecule has 1 amide bonds. The molecule has 0 atom stereocenters. The summed E-state index contributed by atoms with van der Waals surface area (Å²) in [7, 11) is 1.58. The van der Waals surface area contributed by atoms with Gasteiger partial charge < -0.3 is 19.5 Å². The van der Waals surface area contributed by atoms with Gasteiger partial charge in [-0.2, -0.15) is 4.68 Å². The highest BCUT2D eigenvalue weighted by atomic mass is 16.6. The maximum Gasteiger partial charge on any atom is 0.284 e. The SMILES string of the molecule is COc1ccc(-n2nnc3c(=O)n(CC(=O)Nc4ccc5c(c4)OCCO5)cnc32)cc1. The molecule has 162 valence electrons. The highest BCUT2D eigenvalue weighted by molar-refractivity contribution is 5.91. The monoisotopic (exact) mass is 434 g/mol. The standard InChI is InChI=1S/C21H18N6O5/c1-30-15-5-3-14(4-6-15)27-20-19(24-25-27)21(29)26(12-22-20)11-18(28)23-13-2-7-16-17(10-13)32-9-8-31-16/h2-7,10,12H,8-9,11H2,1H3,(H,23,28). The Morgan fingerprint density at radius 3 is 2.69 bits per heavy atom. The Bertz CT molecular complexity index is 1360. The van der Waals surface area contributed by atoms with Crippen LogP contribution in [0, 0.1) is 0 Å². The lowest BCUT2D eigenvalue weighted by Crippen LogP contribution is -2.28. The van der Waals surface area contributed by atoms with Crippen molar-refractivity contribution in [3.8, 4) is 22.9 Å². The molecule has 2 aromatic heterocycles. The zero-order chi connectivity index (χ0) is 22.1. The van der Waals surface area contributed by atoms with Crippen LogP contribution < -0.4 is 25.1 Å². The van der Waals surface area contributed by atoms with Crippen molar-refractivity contribution in [1.82, 2.24) is 24.5 Å². The summed E-state index contributed by atoms with van der Waals surface area (Å²) in [5.74, 6) is 1.48. The average Bonchev–Trinajstić information content (AvgIpc) is 3.26. The second-order valence-corrected chi connectivity index (χ2v) is 6.96. The van der Waals surface area contributed by atoms with Crippen molar-refractivity contribution in [2.45, 2.75) is 6.54 Å². The summed E-state index contributed by atoms with van der Waals surface area (Å²) in [5.41, 5.74) is 1.10. The molecule has 0 saturated carbocycles. The second-order valence-electron chi connectivity index (χ2n) is 6.96. The molecule has 0 bridgehead atoms. The summed E-state index contributed by atoms with van der Waals surface area (Å²) in [6, 6.07) is 12.2. The third-order valence-electron chi connectivity index (χ3n) is 4.89. The third kappa shape index (κ3) is 3.60. The molecule has 3 heterocycles. The molecule has 1 aliphatic heterocycles. The van der Waals surface area contributed by atoms with Gasteiger partial charge in [-0.05, 0) is 36.4 Å². The van der Waals surface area contributed by atoms with E-state index in [-0.39, 0.29) is 12.1 Å². The number of rotatable bonds is 5. The van der Waals surface area contributed by atoms with Crippen LogP contribution >= 0.6 is 0 Å². The molecule has 0 radical (unpaired) electrons. The Labute approximate surface area is 181 Å². The van der Waals surface area contributed by atoms with Gasteiger partial charge in [-0.25, -0.2) is 4.98 Å². The molecule has 0 unspecified atom stereocenters. The molecular weight excluding hydrogens is 416 g/mol. The van der Waals surface area contributed by atoms with Crippen molar-refractivity contribution in [1.29, 1.82) is 0 Å². The highest BCUT2D eigenvalue weighted by Gasteiger charge is 2.16. The van der Waals surface area contributed by atoms with Gasteiger partial charge in [-0.1, -0.05) is 5.21 Å². The predicted molar refractivity (Wildman–Crippen MR) is 114 cm³/mol. The molecule has 1 N–H and O–H groups in total. The zero-order valence-corrected chi connectivity index (χ0v) is 17.0. The van der Waals surface area contributed by atoms with Crippen LogP contribution in [-0.2, 0) is 11.3 Å². The Morgan fingerprint density at radius 2 is 1.91 bits per heavy atom. The summed E-state index contributed by atoms with van der Waals surface area (Å²) in [5, 5.41) is 10.7. The van der Waals surface area contributed by atoms with E-state index in [9.17, 15) is 9.59 Å². The fourth-order valence-corrected chi connectivity index (χ4v) is 3.33. The molecule has 1 aliphatic rings. The second kappa shape index (κ2) is 8.02. The van der Waals surface area contributed by atoms with Crippen LogP contribution in [0.3, 0.4) is 0 Å². The molecule has 0 fully saturated rings. The van der Waals surface area contributed by atoms with Crippen molar-refractivity contribution >= 4 is 22.8 Å². The maximum atomic E-state index is 12.8. The fourth-order valence-electron chi connectivity index (χ4n) is 3.33. The molecule has 5 rings (SSSR count). The number of hydrogen-bond donors (Lipinski definition) is 1. The minimum atomic E-state index is -0.466. The largest absolute Gasteiger partial charge is 0.497 e. The lowest BCUT2D eigenvalue weighted by molar-refractivity contribution is -0.116. The maximum absolute atomic E-state index is 12.8. The van der Waals surface area contributed by atoms with E-state index in [1.165, 1.54) is 15.6 Å². The molecule has 0 aliphatic carbocycles. The van der Waals surface area contributed by atoms with Crippen LogP contribution in [0.2, 0.25) is 0 Å². The van der Waals surface area contributed by atoms with Gasteiger partial charge in [0.15, 0.2) is 22.7 Å². The summed E-state index contributed by atoms with van der Waals surface area (Å²) < 4.78 is 18.8. The lowest BCUT2D eigenvalue weighted by atomic mass is 10.2. The molecule has 0 spiro atoms. The lowest BCUT2D eigenvalue weighted by Gasteiger charge is -2.19. The van der Waals surface area contributed by atoms with Gasteiger partial charge in [0, 0.05) is 11.8 Å². The van der Waals surface area contributed by atoms with Crippen LogP contribution in [0.4, 0.5) is 5.69 Å². The summed E-state index contributed by atoms with van der Waals surface area (Å²) in [6.07, 6.45) is 1.30. The Kier molecular flexibility index (Phi) is 4.90. The minimum Gasteiger partial charge on any atom is -0.497 e. The van der Waals surface area contributed by atoms with Crippen molar-refractivity contribution in [2.75, 3.05) is 25.6 Å². The summed E-state index contributed by atoms with van der Waals surface area (Å²) >= 11 is 0. The van der Waals surface area contributed by atoms with E-state index in [1.54, 1.807) is 49.6 Å². The number of anilines is 1. The van der Waals surface area contributed by atoms with E-state index in [4.69, 9.17) is 14.2 Å². The van der Waals surface area contributed by atoms with E-state index in [0.717, 1.165) is 0 Å². The van der Waals surface area contributed by atoms with Gasteiger partial charge in [0.1, 0.15) is 31.8 Å². The van der Waals surface area contributed by atoms with Gasteiger partial charge in [0.2, 0.25) is 5.91 Å². The molecule has 11 heteroatoms. The average molecular weight is 434 g/mol. The molecule has 32 heavy (non-hydrogen) atoms. The van der Waals surface area contributed by atoms with Gasteiger partial charge in [-0.3, -0.25) is 14.2 Å². The topological polar surface area (TPSA) is 122 Å². The number of carbonyl (C=O) groups excluding carboxylic acids is 1. The first-order valence-corrected chi connectivity index (χ1v) is 9.77. The first kappa shape index (κ1) is 19.5. The number of fused-ring (bicyclic) bond motifs is 2. The number of carbonyl (C=O) groups is 1. The van der Waals surface area contributed by atoms with Gasteiger partial charge >= 0.3 is 0 Å². The van der Waals surface area contributed by atoms with Crippen LogP contribution in [0.1, 0.15) is 0 Å². The summed E-state index contributed by atoms with van der Waals surface area (Å²) in [6.45, 7) is 0.703. The van der Waals surface area contributed by atoms with E-state index < -0.39 is 11.5 Å². The summed E-state index contributed by atoms with van der Waals surface area (Å²) in [4.78, 5) is 29.6. The van der Waals surface area contributed by atoms with E-state index in [2.05, 4.69) is 20.6 Å². The zero-order valence-electron chi connectivity index (χ0n) is 17.0. The number of methoxy groups -OCH3 is 1. The van der Waals surface area contributed by atoms with E-state index in [1.807, 2.05) is 0 Å². The van der Waals surface area contributed by atoms with Crippen LogP contribution in [0.5, 0.6) is 17.2 Å². The van der Waals surface area contributed by atoms with Crippen molar-refractivity contribution in [3.63, 3.8) is 0 Å². The molecule has 0 saturated heterocycles. The van der Waals surface area contributed by atoms with Crippen LogP contribution in [-0.4, -0.2) is 50.8 Å². The van der Waals surface area contributed by atoms with Crippen molar-refractivity contribution in [3.05, 3.63) is 59.1 Å². The van der Waals surface area contributed by atoms with Crippen LogP contribution in [0.25, 0.3) is 16.9 Å². The molecule has 4 aromatic rings. The number of ether oxygens (including phenoxy) is 3. The number of nitrogens with zero attached hydrogens (tertiary/aromatic N) is 5. The van der Waals surface area contributed by atoms with Gasteiger partial charge in [-0.15, -0.1) is 5.10 Å². The number of amides is 1. The van der Waals surface area contributed by atoms with Crippen LogP contribution in [0.15, 0.2) is 53.6 Å². The quantitative estimate of drug-likeness (QED) is 0.500. The Balaban J connectivity index is 1.36. The number of hydrogen-bond acceptors (Lipinski definition) is 8.